The molecule has 1 fully saturated rings. The molecule has 2 amide bonds. The fourth-order valence-electron chi connectivity index (χ4n) is 3.03. The topological polar surface area (TPSA) is 99.5 Å². The summed E-state index contributed by atoms with van der Waals surface area (Å²) in [4.78, 5) is 27.2. The third-order valence-corrected chi connectivity index (χ3v) is 6.02. The molecule has 14 heteroatoms. The number of imidazole rings is 1. The van der Waals surface area contributed by atoms with E-state index in [2.05, 4.69) is 22.2 Å². The van der Waals surface area contributed by atoms with Crippen molar-refractivity contribution >= 4 is 27.7 Å². The van der Waals surface area contributed by atoms with Crippen LogP contribution < -0.4 is 10.6 Å². The van der Waals surface area contributed by atoms with Crippen LogP contribution in [0.1, 0.15) is 16.3 Å². The normalized spacial score (nSPS) is 16.5. The summed E-state index contributed by atoms with van der Waals surface area (Å²) < 4.78 is 66.4. The molecule has 1 saturated heterocycles. The molecular formula is C18H20F5N5O3S. The number of amides is 2. The number of halogens is 5. The first-order valence-electron chi connectivity index (χ1n) is 9.13. The summed E-state index contributed by atoms with van der Waals surface area (Å²) in [5.74, 6) is -1.19. The summed E-state index contributed by atoms with van der Waals surface area (Å²) in [7, 11) is -8.43. The van der Waals surface area contributed by atoms with Gasteiger partial charge in [-0.2, -0.15) is 0 Å². The lowest BCUT2D eigenvalue weighted by molar-refractivity contribution is -0.130. The molecule has 2 aromatic rings. The van der Waals surface area contributed by atoms with Crippen LogP contribution in [0.4, 0.5) is 25.1 Å². The number of phenols is 1. The third kappa shape index (κ3) is 4.95. The molecule has 1 aromatic carbocycles. The van der Waals surface area contributed by atoms with Crippen molar-refractivity contribution in [2.45, 2.75) is 17.5 Å². The zero-order valence-corrected chi connectivity index (χ0v) is 17.5. The molecule has 0 saturated carbocycles. The van der Waals surface area contributed by atoms with Crippen LogP contribution in [0.2, 0.25) is 0 Å². The number of nitrogens with one attached hydrogen (secondary N) is 2. The average Bonchev–Trinajstić information content (AvgIpc) is 3.01. The zero-order chi connectivity index (χ0) is 24.0. The number of likely N-dealkylation sites (tertiary alicyclic amines) is 1. The van der Waals surface area contributed by atoms with Crippen LogP contribution >= 0.6 is 10.2 Å². The maximum atomic E-state index is 13.0. The number of phenolic OH excluding ortho intramolecular Hbond substituents is 1. The summed E-state index contributed by atoms with van der Waals surface area (Å²) in [6, 6.07) is 0.497. The van der Waals surface area contributed by atoms with Crippen molar-refractivity contribution in [2.24, 2.45) is 7.05 Å². The zero-order valence-electron chi connectivity index (χ0n) is 16.7. The van der Waals surface area contributed by atoms with E-state index in [1.54, 1.807) is 0 Å². The van der Waals surface area contributed by atoms with Crippen molar-refractivity contribution in [1.29, 1.82) is 0 Å². The molecule has 0 bridgehead atoms. The van der Waals surface area contributed by atoms with E-state index >= 15 is 0 Å². The molecule has 0 aliphatic carbocycles. The van der Waals surface area contributed by atoms with Crippen LogP contribution in [0.5, 0.6) is 5.75 Å². The molecule has 3 rings (SSSR count). The van der Waals surface area contributed by atoms with E-state index in [-0.39, 0.29) is 42.1 Å². The third-order valence-electron chi connectivity index (χ3n) is 4.87. The van der Waals surface area contributed by atoms with Crippen LogP contribution in [-0.4, -0.2) is 50.5 Å². The molecule has 0 unspecified atom stereocenters. The van der Waals surface area contributed by atoms with Crippen LogP contribution in [0.25, 0.3) is 0 Å². The van der Waals surface area contributed by atoms with Gasteiger partial charge in [0, 0.05) is 20.1 Å². The highest BCUT2D eigenvalue weighted by Gasteiger charge is 2.65. The number of aromatic hydroxyl groups is 1. The number of carbonyl (C=O) groups is 2. The second kappa shape index (κ2) is 7.12. The van der Waals surface area contributed by atoms with E-state index in [1.807, 2.05) is 0 Å². The van der Waals surface area contributed by atoms with E-state index < -0.39 is 32.5 Å². The molecule has 1 aliphatic heterocycles. The molecule has 3 N–H and O–H groups in total. The Balaban J connectivity index is 1.67. The minimum Gasteiger partial charge on any atom is -0.506 e. The van der Waals surface area contributed by atoms with Crippen molar-refractivity contribution in [2.75, 3.05) is 18.4 Å². The summed E-state index contributed by atoms with van der Waals surface area (Å²) in [5, 5.41) is 14.9. The van der Waals surface area contributed by atoms with Gasteiger partial charge in [-0.05, 0) is 24.3 Å². The van der Waals surface area contributed by atoms with Gasteiger partial charge in [-0.15, -0.1) is 0 Å². The highest BCUT2D eigenvalue weighted by atomic mass is 32.5. The summed E-state index contributed by atoms with van der Waals surface area (Å²) in [6.07, 6.45) is 2.41. The summed E-state index contributed by atoms with van der Waals surface area (Å²) in [6.45, 7) is 3.77. The van der Waals surface area contributed by atoms with Gasteiger partial charge in [0.2, 0.25) is 5.91 Å². The van der Waals surface area contributed by atoms with Crippen molar-refractivity contribution < 1.29 is 34.1 Å². The highest BCUT2D eigenvalue weighted by molar-refractivity contribution is 8.45. The molecule has 2 heterocycles. The Bertz CT molecular complexity index is 1100. The minimum absolute atomic E-state index is 0.107. The molecule has 32 heavy (non-hydrogen) atoms. The van der Waals surface area contributed by atoms with Gasteiger partial charge in [0.05, 0.1) is 24.5 Å². The number of aromatic nitrogens is 2. The lowest BCUT2D eigenvalue weighted by Crippen LogP contribution is -2.60. The Hall–Kier alpha value is -3.29. The fourth-order valence-corrected chi connectivity index (χ4v) is 3.70. The number of hydrogen-bond acceptors (Lipinski definition) is 5. The minimum atomic E-state index is -9.92. The van der Waals surface area contributed by atoms with Crippen LogP contribution in [0.3, 0.4) is 0 Å². The van der Waals surface area contributed by atoms with E-state index in [4.69, 9.17) is 0 Å². The molecule has 0 atom stereocenters. The van der Waals surface area contributed by atoms with E-state index in [9.17, 15) is 34.1 Å². The van der Waals surface area contributed by atoms with Gasteiger partial charge >= 0.3 is 10.2 Å². The van der Waals surface area contributed by atoms with Crippen LogP contribution in [-0.2, 0) is 18.4 Å². The molecular weight excluding hydrogens is 461 g/mol. The number of nitrogens with zero attached hydrogens (tertiary/aromatic N) is 3. The number of anilines is 1. The number of benzene rings is 1. The smallest absolute Gasteiger partial charge is 0.310 e. The predicted octanol–water partition coefficient (Wildman–Crippen LogP) is 3.52. The lowest BCUT2D eigenvalue weighted by atomic mass is 10.1. The first-order chi connectivity index (χ1) is 14.6. The van der Waals surface area contributed by atoms with E-state index in [0.29, 0.717) is 19.2 Å². The molecule has 0 radical (unpaired) electrons. The van der Waals surface area contributed by atoms with Gasteiger partial charge in [-0.1, -0.05) is 26.0 Å². The molecule has 8 nitrogen and oxygen atoms in total. The highest BCUT2D eigenvalue weighted by Crippen LogP contribution is 3.02. The second-order valence-electron chi connectivity index (χ2n) is 7.24. The Morgan fingerprint density at radius 2 is 1.94 bits per heavy atom. The maximum Gasteiger partial charge on any atom is 0.310 e. The average molecular weight is 481 g/mol. The number of hydrogen-bond donors (Lipinski definition) is 3. The van der Waals surface area contributed by atoms with Gasteiger partial charge in [0.1, 0.15) is 22.2 Å². The standard InChI is InChI=1S/C18H20F5N5O3S/c1-3-17(30)28-9-11(10-28)26-18(31)14-7-25-16(27(14)2)8-24-13-6-12(4-5-15(13)29)32(19,20,21,22)23/h3-7,11,24,29H,1,8-10H2,2H3,(H,26,31). The van der Waals surface area contributed by atoms with Gasteiger partial charge in [-0.3, -0.25) is 9.59 Å². The maximum absolute atomic E-state index is 13.0. The SMILES string of the molecule is C=CC(=O)N1CC(NC(=O)c2cnc(CNc3cc(S(F)(F)(F)(F)F)ccc3O)n2C)C1. The number of rotatable bonds is 7. The van der Waals surface area contributed by atoms with Crippen molar-refractivity contribution in [1.82, 2.24) is 19.8 Å². The predicted molar refractivity (Wildman–Crippen MR) is 108 cm³/mol. The summed E-state index contributed by atoms with van der Waals surface area (Å²) >= 11 is 0. The van der Waals surface area contributed by atoms with Crippen molar-refractivity contribution in [3.05, 3.63) is 48.6 Å². The fraction of sp³-hybridized carbons (Fsp3) is 0.278. The molecule has 1 aliphatic rings. The second-order valence-corrected chi connectivity index (χ2v) is 9.65. The quantitative estimate of drug-likeness (QED) is 0.319. The summed E-state index contributed by atoms with van der Waals surface area (Å²) in [5.41, 5.74) is -0.425. The molecule has 0 spiro atoms. The van der Waals surface area contributed by atoms with Crippen LogP contribution in [0, 0.1) is 0 Å². The van der Waals surface area contributed by atoms with Gasteiger partial charge < -0.3 is 25.2 Å². The Kier molecular flexibility index (Phi) is 5.20. The van der Waals surface area contributed by atoms with E-state index in [1.165, 1.54) is 28.8 Å². The number of carbonyl (C=O) groups excluding carboxylic acids is 2. The first-order valence-corrected chi connectivity index (χ1v) is 11.1. The van der Waals surface area contributed by atoms with Gasteiger partial charge in [0.15, 0.2) is 0 Å². The lowest BCUT2D eigenvalue weighted by Gasteiger charge is -2.40. The Morgan fingerprint density at radius 1 is 1.28 bits per heavy atom. The van der Waals surface area contributed by atoms with Gasteiger partial charge in [-0.25, -0.2) is 4.98 Å². The molecule has 176 valence electrons. The van der Waals surface area contributed by atoms with Crippen LogP contribution in [0.15, 0.2) is 41.9 Å². The Labute approximate surface area is 179 Å². The Morgan fingerprint density at radius 3 is 2.53 bits per heavy atom. The monoisotopic (exact) mass is 481 g/mol. The molecule has 1 aromatic heterocycles. The van der Waals surface area contributed by atoms with E-state index in [0.717, 1.165) is 0 Å². The van der Waals surface area contributed by atoms with Gasteiger partial charge in [0.25, 0.3) is 5.91 Å². The van der Waals surface area contributed by atoms with Crippen molar-refractivity contribution in [3.8, 4) is 5.75 Å². The van der Waals surface area contributed by atoms with Crippen molar-refractivity contribution in [3.63, 3.8) is 0 Å². The first kappa shape index (κ1) is 23.4. The largest absolute Gasteiger partial charge is 0.506 e.